The molecule has 3 aromatic rings. The van der Waals surface area contributed by atoms with Crippen molar-refractivity contribution >= 4 is 22.9 Å². The maximum Gasteiger partial charge on any atom is 0.268 e. The molecule has 1 N–H and O–H groups in total. The normalized spacial score (nSPS) is 11.3. The maximum atomic E-state index is 12.9. The van der Waals surface area contributed by atoms with Crippen molar-refractivity contribution in [2.45, 2.75) is 117 Å². The molecular weight excluding hydrogens is 560 g/mol. The van der Waals surface area contributed by atoms with E-state index in [4.69, 9.17) is 4.74 Å². The van der Waals surface area contributed by atoms with Crippen LogP contribution in [0.5, 0.6) is 5.75 Å². The first-order valence-electron chi connectivity index (χ1n) is 15.9. The quantitative estimate of drug-likeness (QED) is 0.127. The lowest BCUT2D eigenvalue weighted by molar-refractivity contribution is -0.655. The molecule has 3 rings (SSSR count). The van der Waals surface area contributed by atoms with E-state index in [1.165, 1.54) is 75.6 Å². The molecule has 1 heterocycles. The largest absolute Gasteiger partial charge is 1.00 e. The molecule has 0 spiro atoms. The number of halogens is 1. The Labute approximate surface area is 265 Å². The Morgan fingerprint density at radius 3 is 2.00 bits per heavy atom. The van der Waals surface area contributed by atoms with Crippen LogP contribution in [0, 0.1) is 0 Å². The van der Waals surface area contributed by atoms with Crippen molar-refractivity contribution in [2.75, 3.05) is 11.9 Å². The molecule has 1 aromatic heterocycles. The van der Waals surface area contributed by atoms with Crippen LogP contribution in [0.2, 0.25) is 0 Å². The van der Waals surface area contributed by atoms with Gasteiger partial charge in [0.05, 0.1) is 24.0 Å². The van der Waals surface area contributed by atoms with Gasteiger partial charge >= 0.3 is 0 Å². The number of rotatable bonds is 18. The number of thiazole rings is 1. The summed E-state index contributed by atoms with van der Waals surface area (Å²) in [7, 11) is 2.04. The van der Waals surface area contributed by atoms with E-state index in [1.54, 1.807) is 11.3 Å². The van der Waals surface area contributed by atoms with Gasteiger partial charge in [0.1, 0.15) is 12.8 Å². The van der Waals surface area contributed by atoms with Gasteiger partial charge in [-0.05, 0) is 53.3 Å². The van der Waals surface area contributed by atoms with Crippen LogP contribution in [0.4, 0.5) is 5.69 Å². The molecule has 232 valence electrons. The monoisotopic (exact) mass is 612 g/mol. The first-order chi connectivity index (χ1) is 19.8. The molecule has 0 aliphatic rings. The van der Waals surface area contributed by atoms with Crippen LogP contribution in [0.25, 0.3) is 10.6 Å². The molecule has 2 aromatic carbocycles. The number of carbonyl (C=O) groups is 1. The summed E-state index contributed by atoms with van der Waals surface area (Å²) < 4.78 is 8.37. The molecule has 0 aliphatic heterocycles. The fourth-order valence-electron chi connectivity index (χ4n) is 5.22. The number of hydrogen-bond acceptors (Lipinski definition) is 3. The summed E-state index contributed by atoms with van der Waals surface area (Å²) in [6.45, 7) is 9.65. The van der Waals surface area contributed by atoms with Gasteiger partial charge in [-0.15, -0.1) is 0 Å². The first-order valence-corrected chi connectivity index (χ1v) is 16.8. The van der Waals surface area contributed by atoms with Gasteiger partial charge in [0, 0.05) is 5.69 Å². The summed E-state index contributed by atoms with van der Waals surface area (Å²) in [5.74, 6) is 0.937. The smallest absolute Gasteiger partial charge is 0.268 e. The Balaban J connectivity index is 0.00000616. The Morgan fingerprint density at radius 1 is 0.857 bits per heavy atom. The minimum absolute atomic E-state index is 0. The van der Waals surface area contributed by atoms with Gasteiger partial charge in [-0.2, -0.15) is 4.57 Å². The van der Waals surface area contributed by atoms with Crippen LogP contribution in [0.3, 0.4) is 0 Å². The number of ether oxygens (including phenoxy) is 1. The van der Waals surface area contributed by atoms with E-state index in [9.17, 15) is 4.79 Å². The molecule has 0 saturated carbocycles. The predicted octanol–water partition coefficient (Wildman–Crippen LogP) is 6.80. The van der Waals surface area contributed by atoms with E-state index in [2.05, 4.69) is 73.4 Å². The van der Waals surface area contributed by atoms with Crippen LogP contribution < -0.4 is 27.0 Å². The van der Waals surface area contributed by atoms with Crippen LogP contribution >= 0.6 is 11.3 Å². The van der Waals surface area contributed by atoms with Crippen molar-refractivity contribution in [3.63, 3.8) is 0 Å². The zero-order chi connectivity index (χ0) is 29.5. The Bertz CT molecular complexity index is 1180. The highest BCUT2D eigenvalue weighted by Gasteiger charge is 2.20. The lowest BCUT2D eigenvalue weighted by Crippen LogP contribution is -3.00. The highest BCUT2D eigenvalue weighted by atomic mass is 35.5. The third kappa shape index (κ3) is 12.5. The van der Waals surface area contributed by atoms with E-state index in [-0.39, 0.29) is 23.7 Å². The van der Waals surface area contributed by atoms with Crippen molar-refractivity contribution in [1.82, 2.24) is 0 Å². The lowest BCUT2D eigenvalue weighted by Gasteiger charge is -2.24. The molecule has 0 aliphatic carbocycles. The van der Waals surface area contributed by atoms with E-state index < -0.39 is 0 Å². The molecule has 0 atom stereocenters. The fraction of sp³-hybridized carbons (Fsp3) is 0.556. The van der Waals surface area contributed by atoms with E-state index in [1.807, 2.05) is 25.2 Å². The zero-order valence-electron chi connectivity index (χ0n) is 26.6. The fourth-order valence-corrected chi connectivity index (χ4v) is 6.09. The minimum Gasteiger partial charge on any atom is -1.00 e. The molecule has 1 amide bonds. The average molecular weight is 613 g/mol. The topological polar surface area (TPSA) is 42.2 Å². The van der Waals surface area contributed by atoms with Crippen LogP contribution in [0.1, 0.15) is 116 Å². The molecule has 0 bridgehead atoms. The Kier molecular flexibility index (Phi) is 16.2. The molecular formula is C36H53ClN2O2S. The number of amides is 1. The van der Waals surface area contributed by atoms with Crippen molar-refractivity contribution < 1.29 is 26.5 Å². The van der Waals surface area contributed by atoms with Gasteiger partial charge < -0.3 is 22.5 Å². The van der Waals surface area contributed by atoms with Crippen LogP contribution in [-0.4, -0.2) is 12.5 Å². The number of hydrogen-bond donors (Lipinski definition) is 1. The molecule has 0 unspecified atom stereocenters. The predicted molar refractivity (Wildman–Crippen MR) is 175 cm³/mol. The number of nitrogens with zero attached hydrogens (tertiary/aromatic N) is 1. The highest BCUT2D eigenvalue weighted by Crippen LogP contribution is 2.33. The van der Waals surface area contributed by atoms with Crippen LogP contribution in [-0.2, 0) is 23.7 Å². The van der Waals surface area contributed by atoms with Gasteiger partial charge in [0.25, 0.3) is 5.01 Å². The van der Waals surface area contributed by atoms with Crippen molar-refractivity contribution in [1.29, 1.82) is 0 Å². The van der Waals surface area contributed by atoms with Gasteiger partial charge in [0.15, 0.2) is 6.20 Å². The third-order valence-electron chi connectivity index (χ3n) is 7.67. The molecule has 0 fully saturated rings. The van der Waals surface area contributed by atoms with Gasteiger partial charge in [0.2, 0.25) is 5.91 Å². The number of carbonyl (C=O) groups excluding carboxylic acids is 1. The molecule has 6 heteroatoms. The third-order valence-corrected chi connectivity index (χ3v) is 8.68. The van der Waals surface area contributed by atoms with Gasteiger partial charge in [-0.1, -0.05) is 122 Å². The molecule has 4 nitrogen and oxygen atoms in total. The standard InChI is InChI=1S/C36H52N2O2S.ClH/c1-6-7-8-9-10-11-12-13-14-15-16-17-25-40-33-23-18-29(27-32(33)36(2,3)4)28-34(39)37-31-21-19-30(20-22-31)35-38(5)24-26-41-35;/h18-24,26-27H,6-17,25,28H2,1-5H3;1H. The number of aromatic nitrogens is 1. The first kappa shape index (κ1) is 35.8. The number of benzene rings is 2. The minimum atomic E-state index is -0.0634. The summed E-state index contributed by atoms with van der Waals surface area (Å²) in [6, 6.07) is 14.3. The van der Waals surface area contributed by atoms with Crippen molar-refractivity contribution in [3.8, 4) is 16.3 Å². The second-order valence-electron chi connectivity index (χ2n) is 12.4. The Morgan fingerprint density at radius 2 is 1.45 bits per heavy atom. The SMILES string of the molecule is CCCCCCCCCCCCCCOc1ccc(CC(=O)Nc2ccc(-c3scc[n+]3C)cc2)cc1C(C)(C)C.[Cl-]. The van der Waals surface area contributed by atoms with E-state index in [0.29, 0.717) is 6.42 Å². The second kappa shape index (κ2) is 19.0. The highest BCUT2D eigenvalue weighted by molar-refractivity contribution is 7.12. The summed E-state index contributed by atoms with van der Waals surface area (Å²) in [5.41, 5.74) is 4.07. The zero-order valence-corrected chi connectivity index (χ0v) is 28.2. The second-order valence-corrected chi connectivity index (χ2v) is 13.3. The molecule has 0 radical (unpaired) electrons. The van der Waals surface area contributed by atoms with Crippen LogP contribution in [0.15, 0.2) is 54.0 Å². The molecule has 42 heavy (non-hydrogen) atoms. The molecule has 0 saturated heterocycles. The van der Waals surface area contributed by atoms with E-state index in [0.717, 1.165) is 41.2 Å². The summed E-state index contributed by atoms with van der Waals surface area (Å²) in [4.78, 5) is 12.9. The summed E-state index contributed by atoms with van der Waals surface area (Å²) >= 11 is 1.71. The number of unbranched alkanes of at least 4 members (excludes halogenated alkanes) is 11. The number of nitrogens with one attached hydrogen (secondary N) is 1. The van der Waals surface area contributed by atoms with E-state index >= 15 is 0 Å². The van der Waals surface area contributed by atoms with Crippen molar-refractivity contribution in [3.05, 3.63) is 65.2 Å². The average Bonchev–Trinajstić information content (AvgIpc) is 3.37. The van der Waals surface area contributed by atoms with Gasteiger partial charge in [-0.25, -0.2) is 0 Å². The number of anilines is 1. The Hall–Kier alpha value is -2.37. The lowest BCUT2D eigenvalue weighted by atomic mass is 9.85. The number of aryl methyl sites for hydroxylation is 1. The summed E-state index contributed by atoms with van der Waals surface area (Å²) in [6.07, 6.45) is 18.5. The van der Waals surface area contributed by atoms with Gasteiger partial charge in [-0.3, -0.25) is 4.79 Å². The summed E-state index contributed by atoms with van der Waals surface area (Å²) in [5, 5.41) is 6.33. The van der Waals surface area contributed by atoms with Crippen molar-refractivity contribution in [2.24, 2.45) is 7.05 Å². The maximum absolute atomic E-state index is 12.9.